The van der Waals surface area contributed by atoms with Gasteiger partial charge in [0.15, 0.2) is 0 Å². The van der Waals surface area contributed by atoms with Crippen molar-refractivity contribution in [3.8, 4) is 0 Å². The zero-order valence-corrected chi connectivity index (χ0v) is 12.4. The van der Waals surface area contributed by atoms with Crippen LogP contribution in [0, 0.1) is 0 Å². The van der Waals surface area contributed by atoms with E-state index in [0.717, 1.165) is 13.0 Å². The number of hydrogen-bond acceptors (Lipinski definition) is 4. The van der Waals surface area contributed by atoms with Crippen LogP contribution in [0.15, 0.2) is 0 Å². The molecule has 2 N–H and O–H groups in total. The molecule has 1 aliphatic rings. The maximum absolute atomic E-state index is 6.02. The molecule has 0 saturated carbocycles. The van der Waals surface area contributed by atoms with Gasteiger partial charge in [-0.3, -0.25) is 4.90 Å². The molecule has 1 fully saturated rings. The van der Waals surface area contributed by atoms with Crippen molar-refractivity contribution in [1.82, 2.24) is 9.88 Å². The molecule has 0 aromatic carbocycles. The molecule has 0 amide bonds. The van der Waals surface area contributed by atoms with Crippen LogP contribution in [0.2, 0.25) is 0 Å². The molecule has 2 heterocycles. The summed E-state index contributed by atoms with van der Waals surface area (Å²) < 4.78 is 0. The summed E-state index contributed by atoms with van der Waals surface area (Å²) in [6.45, 7) is 7.70. The molecule has 1 aliphatic heterocycles. The molecule has 102 valence electrons. The van der Waals surface area contributed by atoms with Crippen molar-refractivity contribution in [2.75, 3.05) is 13.1 Å². The fourth-order valence-electron chi connectivity index (χ4n) is 2.58. The predicted molar refractivity (Wildman–Crippen MR) is 77.8 cm³/mol. The normalized spacial score (nSPS) is 19.7. The van der Waals surface area contributed by atoms with Crippen molar-refractivity contribution in [2.45, 2.75) is 58.5 Å². The Morgan fingerprint density at radius 1 is 1.28 bits per heavy atom. The number of aromatic nitrogens is 1. The van der Waals surface area contributed by atoms with Crippen molar-refractivity contribution in [1.29, 1.82) is 0 Å². The van der Waals surface area contributed by atoms with E-state index in [0.29, 0.717) is 0 Å². The van der Waals surface area contributed by atoms with Gasteiger partial charge in [-0.1, -0.05) is 19.8 Å². The third kappa shape index (κ3) is 3.53. The molecule has 18 heavy (non-hydrogen) atoms. The first-order chi connectivity index (χ1) is 8.70. The Balaban J connectivity index is 2.04. The quantitative estimate of drug-likeness (QED) is 0.911. The van der Waals surface area contributed by atoms with Crippen molar-refractivity contribution in [3.63, 3.8) is 0 Å². The highest BCUT2D eigenvalue weighted by atomic mass is 32.1. The molecule has 1 unspecified atom stereocenters. The Bertz CT molecular complexity index is 365. The van der Waals surface area contributed by atoms with Gasteiger partial charge in [0.2, 0.25) is 0 Å². The molecule has 2 rings (SSSR count). The lowest BCUT2D eigenvalue weighted by Crippen LogP contribution is -2.23. The van der Waals surface area contributed by atoms with Gasteiger partial charge in [-0.15, -0.1) is 11.3 Å². The van der Waals surface area contributed by atoms with Crippen LogP contribution in [0.3, 0.4) is 0 Å². The fraction of sp³-hybridized carbons (Fsp3) is 0.786. The number of hydrogen-bond donors (Lipinski definition) is 1. The van der Waals surface area contributed by atoms with Crippen LogP contribution in [0.4, 0.5) is 0 Å². The second kappa shape index (κ2) is 6.64. The van der Waals surface area contributed by atoms with Gasteiger partial charge in [-0.05, 0) is 39.3 Å². The van der Waals surface area contributed by atoms with E-state index in [4.69, 9.17) is 10.7 Å². The van der Waals surface area contributed by atoms with Crippen LogP contribution in [-0.4, -0.2) is 23.0 Å². The standard InChI is InChI=1S/C14H25N3S/c1-3-12-14(11(2)15)18-13(16-12)10-17-8-6-4-5-7-9-17/h11H,3-10,15H2,1-2H3. The summed E-state index contributed by atoms with van der Waals surface area (Å²) >= 11 is 1.81. The van der Waals surface area contributed by atoms with Gasteiger partial charge >= 0.3 is 0 Å². The van der Waals surface area contributed by atoms with Gasteiger partial charge < -0.3 is 5.73 Å². The van der Waals surface area contributed by atoms with Crippen LogP contribution in [0.1, 0.15) is 61.2 Å². The van der Waals surface area contributed by atoms with Crippen LogP contribution in [0.5, 0.6) is 0 Å². The largest absolute Gasteiger partial charge is 0.323 e. The van der Waals surface area contributed by atoms with E-state index in [1.54, 1.807) is 0 Å². The highest BCUT2D eigenvalue weighted by molar-refractivity contribution is 7.11. The Morgan fingerprint density at radius 2 is 1.94 bits per heavy atom. The fourth-order valence-corrected chi connectivity index (χ4v) is 3.73. The molecular formula is C14H25N3S. The third-order valence-corrected chi connectivity index (χ3v) is 4.86. The first-order valence-electron chi connectivity index (χ1n) is 7.17. The van der Waals surface area contributed by atoms with E-state index in [9.17, 15) is 0 Å². The van der Waals surface area contributed by atoms with Gasteiger partial charge in [-0.25, -0.2) is 4.98 Å². The van der Waals surface area contributed by atoms with Crippen molar-refractivity contribution >= 4 is 11.3 Å². The van der Waals surface area contributed by atoms with Crippen LogP contribution in [-0.2, 0) is 13.0 Å². The average molecular weight is 267 g/mol. The second-order valence-corrected chi connectivity index (χ2v) is 6.37. The number of nitrogens with two attached hydrogens (primary N) is 1. The second-order valence-electron chi connectivity index (χ2n) is 5.25. The SMILES string of the molecule is CCc1nc(CN2CCCCCC2)sc1C(C)N. The minimum Gasteiger partial charge on any atom is -0.323 e. The number of nitrogens with zero attached hydrogens (tertiary/aromatic N) is 2. The van der Waals surface area contributed by atoms with Crippen molar-refractivity contribution < 1.29 is 0 Å². The third-order valence-electron chi connectivity index (χ3n) is 3.58. The van der Waals surface area contributed by atoms with Crippen LogP contribution < -0.4 is 5.73 Å². The molecule has 0 radical (unpaired) electrons. The van der Waals surface area contributed by atoms with Gasteiger partial charge in [0.25, 0.3) is 0 Å². The van der Waals surface area contributed by atoms with Crippen LogP contribution in [0.25, 0.3) is 0 Å². The number of rotatable bonds is 4. The van der Waals surface area contributed by atoms with Gasteiger partial charge in [0, 0.05) is 10.9 Å². The Labute approximate surface area is 114 Å². The lowest BCUT2D eigenvalue weighted by molar-refractivity contribution is 0.276. The molecule has 4 heteroatoms. The summed E-state index contributed by atoms with van der Waals surface area (Å²) in [6, 6.07) is 0.121. The number of likely N-dealkylation sites (tertiary alicyclic amines) is 1. The Hall–Kier alpha value is -0.450. The molecule has 1 aromatic heterocycles. The minimum absolute atomic E-state index is 0.121. The highest BCUT2D eigenvalue weighted by Crippen LogP contribution is 2.26. The van der Waals surface area contributed by atoms with E-state index in [2.05, 4.69) is 18.7 Å². The summed E-state index contributed by atoms with van der Waals surface area (Å²) in [4.78, 5) is 8.60. The van der Waals surface area contributed by atoms with Crippen molar-refractivity contribution in [3.05, 3.63) is 15.6 Å². The molecule has 0 spiro atoms. The van der Waals surface area contributed by atoms with Crippen LogP contribution >= 0.6 is 11.3 Å². The highest BCUT2D eigenvalue weighted by Gasteiger charge is 2.16. The summed E-state index contributed by atoms with van der Waals surface area (Å²) in [5, 5.41) is 1.25. The summed E-state index contributed by atoms with van der Waals surface area (Å²) in [6.07, 6.45) is 6.45. The van der Waals surface area contributed by atoms with Gasteiger partial charge in [0.1, 0.15) is 5.01 Å². The monoisotopic (exact) mass is 267 g/mol. The van der Waals surface area contributed by atoms with E-state index >= 15 is 0 Å². The molecular weight excluding hydrogens is 242 g/mol. The summed E-state index contributed by atoms with van der Waals surface area (Å²) in [5.74, 6) is 0. The molecule has 1 saturated heterocycles. The number of aryl methyl sites for hydroxylation is 1. The summed E-state index contributed by atoms with van der Waals surface area (Å²) in [7, 11) is 0. The maximum atomic E-state index is 6.02. The van der Waals surface area contributed by atoms with E-state index in [-0.39, 0.29) is 6.04 Å². The molecule has 1 aromatic rings. The molecule has 0 aliphatic carbocycles. The smallest absolute Gasteiger partial charge is 0.107 e. The lowest BCUT2D eigenvalue weighted by Gasteiger charge is -2.17. The lowest BCUT2D eigenvalue weighted by atomic mass is 10.2. The topological polar surface area (TPSA) is 42.2 Å². The van der Waals surface area contributed by atoms with E-state index in [1.807, 2.05) is 11.3 Å². The zero-order chi connectivity index (χ0) is 13.0. The first kappa shape index (κ1) is 14.0. The Kier molecular flexibility index (Phi) is 5.15. The zero-order valence-electron chi connectivity index (χ0n) is 11.6. The summed E-state index contributed by atoms with van der Waals surface area (Å²) in [5.41, 5.74) is 7.23. The molecule has 1 atom stereocenters. The molecule has 0 bridgehead atoms. The van der Waals surface area contributed by atoms with Crippen molar-refractivity contribution in [2.24, 2.45) is 5.73 Å². The maximum Gasteiger partial charge on any atom is 0.107 e. The predicted octanol–water partition coefficient (Wildman–Crippen LogP) is 3.10. The Morgan fingerprint density at radius 3 is 2.44 bits per heavy atom. The van der Waals surface area contributed by atoms with E-state index < -0.39 is 0 Å². The molecule has 3 nitrogen and oxygen atoms in total. The minimum atomic E-state index is 0.121. The number of thiazole rings is 1. The average Bonchev–Trinajstić information content (AvgIpc) is 2.58. The van der Waals surface area contributed by atoms with Gasteiger partial charge in [0.05, 0.1) is 12.2 Å². The first-order valence-corrected chi connectivity index (χ1v) is 7.98. The van der Waals surface area contributed by atoms with E-state index in [1.165, 1.54) is 54.4 Å². The van der Waals surface area contributed by atoms with Gasteiger partial charge in [-0.2, -0.15) is 0 Å².